The van der Waals surface area contributed by atoms with Crippen LogP contribution in [0.5, 0.6) is 0 Å². The number of pyridine rings is 1. The van der Waals surface area contributed by atoms with Gasteiger partial charge in [-0.05, 0) is 41.5 Å². The second-order valence-electron chi connectivity index (χ2n) is 5.43. The minimum Gasteiger partial charge on any atom is -0.327 e. The molecule has 100 valence electrons. The Balaban J connectivity index is 1.93. The average Bonchev–Trinajstić information content (AvgIpc) is 2.40. The Morgan fingerprint density at radius 3 is 2.26 bits per heavy atom. The Labute approximate surface area is 115 Å². The van der Waals surface area contributed by atoms with Gasteiger partial charge in [0.1, 0.15) is 0 Å². The van der Waals surface area contributed by atoms with Crippen molar-refractivity contribution in [1.82, 2.24) is 4.98 Å². The zero-order chi connectivity index (χ0) is 13.7. The predicted molar refractivity (Wildman–Crippen MR) is 80.2 cm³/mol. The molecule has 0 bridgehead atoms. The lowest BCUT2D eigenvalue weighted by atomic mass is 9.97. The summed E-state index contributed by atoms with van der Waals surface area (Å²) in [7, 11) is 0. The Hall–Kier alpha value is -1.67. The van der Waals surface area contributed by atoms with Crippen LogP contribution >= 0.6 is 0 Å². The van der Waals surface area contributed by atoms with Crippen molar-refractivity contribution in [2.45, 2.75) is 38.6 Å². The molecule has 2 N–H and O–H groups in total. The van der Waals surface area contributed by atoms with E-state index >= 15 is 0 Å². The number of nitrogens with zero attached hydrogens (tertiary/aromatic N) is 1. The van der Waals surface area contributed by atoms with Gasteiger partial charge >= 0.3 is 0 Å². The van der Waals surface area contributed by atoms with Gasteiger partial charge in [0, 0.05) is 18.4 Å². The third kappa shape index (κ3) is 4.18. The fraction of sp³-hybridized carbons (Fsp3) is 0.353. The van der Waals surface area contributed by atoms with E-state index in [0.717, 1.165) is 12.8 Å². The summed E-state index contributed by atoms with van der Waals surface area (Å²) >= 11 is 0. The first-order valence-electron chi connectivity index (χ1n) is 6.88. The highest BCUT2D eigenvalue weighted by atomic mass is 14.6. The van der Waals surface area contributed by atoms with Crippen LogP contribution in [0.4, 0.5) is 0 Å². The molecule has 0 aliphatic carbocycles. The van der Waals surface area contributed by atoms with Gasteiger partial charge in [-0.25, -0.2) is 0 Å². The summed E-state index contributed by atoms with van der Waals surface area (Å²) in [4.78, 5) is 4.12. The molecular formula is C17H22N2. The van der Waals surface area contributed by atoms with E-state index in [9.17, 15) is 0 Å². The van der Waals surface area contributed by atoms with Crippen LogP contribution in [0.2, 0.25) is 0 Å². The summed E-state index contributed by atoms with van der Waals surface area (Å²) in [6.45, 7) is 4.42. The topological polar surface area (TPSA) is 38.9 Å². The quantitative estimate of drug-likeness (QED) is 0.889. The van der Waals surface area contributed by atoms with Gasteiger partial charge < -0.3 is 5.73 Å². The SMILES string of the molecule is CC(C)c1ccc(CC(N)Cc2cccnc2)cc1. The fourth-order valence-electron chi connectivity index (χ4n) is 2.24. The summed E-state index contributed by atoms with van der Waals surface area (Å²) in [5.41, 5.74) is 10.1. The number of benzene rings is 1. The number of aromatic nitrogens is 1. The Morgan fingerprint density at radius 1 is 1.00 bits per heavy atom. The molecule has 19 heavy (non-hydrogen) atoms. The lowest BCUT2D eigenvalue weighted by Gasteiger charge is -2.12. The summed E-state index contributed by atoms with van der Waals surface area (Å²) in [5.74, 6) is 0.582. The van der Waals surface area contributed by atoms with E-state index in [-0.39, 0.29) is 6.04 Å². The molecule has 0 saturated heterocycles. The van der Waals surface area contributed by atoms with Crippen LogP contribution < -0.4 is 5.73 Å². The van der Waals surface area contributed by atoms with Crippen molar-refractivity contribution < 1.29 is 0 Å². The average molecular weight is 254 g/mol. The third-order valence-corrected chi connectivity index (χ3v) is 3.36. The van der Waals surface area contributed by atoms with E-state index in [1.807, 2.05) is 12.3 Å². The second-order valence-corrected chi connectivity index (χ2v) is 5.43. The summed E-state index contributed by atoms with van der Waals surface area (Å²) in [5, 5.41) is 0. The van der Waals surface area contributed by atoms with Gasteiger partial charge in [0.2, 0.25) is 0 Å². The van der Waals surface area contributed by atoms with Gasteiger partial charge in [-0.15, -0.1) is 0 Å². The van der Waals surface area contributed by atoms with Crippen LogP contribution in [0.1, 0.15) is 36.5 Å². The summed E-state index contributed by atoms with van der Waals surface area (Å²) in [6.07, 6.45) is 5.47. The Kier molecular flexibility index (Phi) is 4.69. The highest BCUT2D eigenvalue weighted by molar-refractivity contribution is 5.25. The molecule has 0 aliphatic heterocycles. The van der Waals surface area contributed by atoms with Crippen molar-refractivity contribution in [3.05, 3.63) is 65.5 Å². The van der Waals surface area contributed by atoms with Crippen LogP contribution in [-0.2, 0) is 12.8 Å². The smallest absolute Gasteiger partial charge is 0.0300 e. The van der Waals surface area contributed by atoms with Gasteiger partial charge in [-0.3, -0.25) is 4.98 Å². The fourth-order valence-corrected chi connectivity index (χ4v) is 2.24. The van der Waals surface area contributed by atoms with Gasteiger partial charge in [0.15, 0.2) is 0 Å². The number of nitrogens with two attached hydrogens (primary N) is 1. The normalized spacial score (nSPS) is 12.6. The number of hydrogen-bond donors (Lipinski definition) is 1. The molecule has 2 aromatic rings. The predicted octanol–water partition coefficient (Wildman–Crippen LogP) is 3.32. The molecule has 1 unspecified atom stereocenters. The maximum atomic E-state index is 6.21. The van der Waals surface area contributed by atoms with E-state index in [1.165, 1.54) is 16.7 Å². The van der Waals surface area contributed by atoms with E-state index in [0.29, 0.717) is 5.92 Å². The van der Waals surface area contributed by atoms with Crippen molar-refractivity contribution in [3.63, 3.8) is 0 Å². The number of hydrogen-bond acceptors (Lipinski definition) is 2. The molecule has 0 spiro atoms. The van der Waals surface area contributed by atoms with Crippen molar-refractivity contribution >= 4 is 0 Å². The van der Waals surface area contributed by atoms with Gasteiger partial charge in [0.05, 0.1) is 0 Å². The molecule has 0 amide bonds. The van der Waals surface area contributed by atoms with Crippen LogP contribution in [0.3, 0.4) is 0 Å². The Morgan fingerprint density at radius 2 is 1.68 bits per heavy atom. The second kappa shape index (κ2) is 6.48. The van der Waals surface area contributed by atoms with E-state index in [1.54, 1.807) is 6.20 Å². The zero-order valence-corrected chi connectivity index (χ0v) is 11.7. The Bertz CT molecular complexity index is 488. The van der Waals surface area contributed by atoms with Crippen LogP contribution in [0.15, 0.2) is 48.8 Å². The third-order valence-electron chi connectivity index (χ3n) is 3.36. The van der Waals surface area contributed by atoms with Crippen LogP contribution in [0.25, 0.3) is 0 Å². The zero-order valence-electron chi connectivity index (χ0n) is 11.7. The maximum absolute atomic E-state index is 6.21. The standard InChI is InChI=1S/C17H22N2/c1-13(2)16-7-5-14(6-8-16)10-17(18)11-15-4-3-9-19-12-15/h3-9,12-13,17H,10-11,18H2,1-2H3. The summed E-state index contributed by atoms with van der Waals surface area (Å²) < 4.78 is 0. The largest absolute Gasteiger partial charge is 0.327 e. The first-order valence-corrected chi connectivity index (χ1v) is 6.88. The minimum atomic E-state index is 0.147. The highest BCUT2D eigenvalue weighted by Gasteiger charge is 2.06. The summed E-state index contributed by atoms with van der Waals surface area (Å²) in [6, 6.07) is 13.0. The van der Waals surface area contributed by atoms with Crippen LogP contribution in [-0.4, -0.2) is 11.0 Å². The van der Waals surface area contributed by atoms with Crippen molar-refractivity contribution in [2.75, 3.05) is 0 Å². The van der Waals surface area contributed by atoms with E-state index < -0.39 is 0 Å². The molecule has 1 atom stereocenters. The van der Waals surface area contributed by atoms with E-state index in [2.05, 4.69) is 49.2 Å². The van der Waals surface area contributed by atoms with Gasteiger partial charge in [0.25, 0.3) is 0 Å². The van der Waals surface area contributed by atoms with Crippen molar-refractivity contribution in [3.8, 4) is 0 Å². The van der Waals surface area contributed by atoms with Crippen LogP contribution in [0, 0.1) is 0 Å². The van der Waals surface area contributed by atoms with Crippen molar-refractivity contribution in [2.24, 2.45) is 5.73 Å². The lowest BCUT2D eigenvalue weighted by molar-refractivity contribution is 0.663. The molecule has 2 rings (SSSR count). The molecule has 1 aromatic heterocycles. The minimum absolute atomic E-state index is 0.147. The maximum Gasteiger partial charge on any atom is 0.0300 e. The molecule has 0 fully saturated rings. The molecular weight excluding hydrogens is 232 g/mol. The molecule has 0 radical (unpaired) electrons. The number of rotatable bonds is 5. The molecule has 1 heterocycles. The van der Waals surface area contributed by atoms with Crippen molar-refractivity contribution in [1.29, 1.82) is 0 Å². The monoisotopic (exact) mass is 254 g/mol. The first kappa shape index (κ1) is 13.8. The molecule has 2 heteroatoms. The van der Waals surface area contributed by atoms with Gasteiger partial charge in [-0.2, -0.15) is 0 Å². The lowest BCUT2D eigenvalue weighted by Crippen LogP contribution is -2.25. The molecule has 0 aliphatic rings. The van der Waals surface area contributed by atoms with Gasteiger partial charge in [-0.1, -0.05) is 44.2 Å². The molecule has 2 nitrogen and oxygen atoms in total. The molecule has 0 saturated carbocycles. The molecule has 1 aromatic carbocycles. The highest BCUT2D eigenvalue weighted by Crippen LogP contribution is 2.15. The van der Waals surface area contributed by atoms with E-state index in [4.69, 9.17) is 5.73 Å². The first-order chi connectivity index (χ1) is 9.15.